The number of alkyl halides is 1. The van der Waals surface area contributed by atoms with Gasteiger partial charge in [0.25, 0.3) is 0 Å². The number of carbonyl (C=O) groups excluding carboxylic acids is 2. The molecule has 4 atom stereocenters. The van der Waals surface area contributed by atoms with Crippen molar-refractivity contribution < 1.29 is 23.8 Å². The van der Waals surface area contributed by atoms with Crippen LogP contribution in [0.5, 0.6) is 0 Å². The van der Waals surface area contributed by atoms with E-state index in [1.807, 2.05) is 0 Å². The highest BCUT2D eigenvalue weighted by molar-refractivity contribution is 9.09. The van der Waals surface area contributed by atoms with Gasteiger partial charge in [-0.15, -0.1) is 0 Å². The van der Waals surface area contributed by atoms with Crippen LogP contribution >= 0.6 is 27.5 Å². The summed E-state index contributed by atoms with van der Waals surface area (Å²) >= 11 is 9.26. The van der Waals surface area contributed by atoms with Gasteiger partial charge in [-0.25, -0.2) is 4.79 Å². The minimum atomic E-state index is -0.881. The minimum Gasteiger partial charge on any atom is -0.463 e. The number of nitrogens with zero attached hydrogens (tertiary/aromatic N) is 2. The van der Waals surface area contributed by atoms with Crippen molar-refractivity contribution >= 4 is 45.3 Å². The first kappa shape index (κ1) is 18.7. The standard InChI is InChI=1S/C13H15BrClN3O6/c1-5(19)22-4-8-10(23-6(2)20)9(14)12(24-8)18-3-7(15)11(16)17-13(18)21/h3,8-10,12H,4H2,1-2H3,(H2,16,17,21)/t8-,9+,10-,12-/m1/s1. The Bertz CT molecular complexity index is 711. The number of anilines is 1. The fraction of sp³-hybridized carbons (Fsp3) is 0.538. The van der Waals surface area contributed by atoms with Crippen LogP contribution in [0.3, 0.4) is 0 Å². The Kier molecular flexibility index (Phi) is 5.83. The molecule has 1 aliphatic heterocycles. The van der Waals surface area contributed by atoms with E-state index in [2.05, 4.69) is 20.9 Å². The summed E-state index contributed by atoms with van der Waals surface area (Å²) in [5.74, 6) is -1.15. The molecule has 1 aromatic rings. The zero-order chi connectivity index (χ0) is 18.0. The third-order valence-corrected chi connectivity index (χ3v) is 4.49. The Morgan fingerprint density at radius 2 is 2.12 bits per heavy atom. The maximum absolute atomic E-state index is 12.0. The molecule has 0 spiro atoms. The predicted octanol–water partition coefficient (Wildman–Crippen LogP) is 0.635. The summed E-state index contributed by atoms with van der Waals surface area (Å²) in [6.45, 7) is 2.34. The molecule has 0 amide bonds. The lowest BCUT2D eigenvalue weighted by atomic mass is 10.2. The summed E-state index contributed by atoms with van der Waals surface area (Å²) in [4.78, 5) is 37.4. The van der Waals surface area contributed by atoms with Gasteiger partial charge < -0.3 is 19.9 Å². The highest BCUT2D eigenvalue weighted by Crippen LogP contribution is 2.36. The molecule has 2 rings (SSSR count). The molecule has 0 saturated carbocycles. The van der Waals surface area contributed by atoms with Gasteiger partial charge in [-0.1, -0.05) is 27.5 Å². The molecule has 0 aromatic carbocycles. The quantitative estimate of drug-likeness (QED) is 0.552. The number of nitrogen functional groups attached to an aromatic ring is 1. The average Bonchev–Trinajstić information content (AvgIpc) is 2.77. The van der Waals surface area contributed by atoms with Gasteiger partial charge in [-0.2, -0.15) is 4.98 Å². The molecule has 132 valence electrons. The Labute approximate surface area is 150 Å². The van der Waals surface area contributed by atoms with Gasteiger partial charge in [-0.05, 0) is 0 Å². The summed E-state index contributed by atoms with van der Waals surface area (Å²) in [5, 5.41) is 0.0744. The Balaban J connectivity index is 2.31. The van der Waals surface area contributed by atoms with Gasteiger partial charge in [0.1, 0.15) is 24.6 Å². The fourth-order valence-electron chi connectivity index (χ4n) is 2.22. The van der Waals surface area contributed by atoms with Gasteiger partial charge in [0.05, 0.1) is 9.85 Å². The average molecular weight is 425 g/mol. The minimum absolute atomic E-state index is 0.0744. The first-order valence-electron chi connectivity index (χ1n) is 6.85. The summed E-state index contributed by atoms with van der Waals surface area (Å²) in [6.07, 6.45) is -1.15. The number of halogens is 2. The monoisotopic (exact) mass is 423 g/mol. The summed E-state index contributed by atoms with van der Waals surface area (Å²) in [5.41, 5.74) is 4.81. The number of esters is 2. The molecule has 1 aromatic heterocycles. The highest BCUT2D eigenvalue weighted by Gasteiger charge is 2.47. The maximum atomic E-state index is 12.0. The lowest BCUT2D eigenvalue weighted by Crippen LogP contribution is -2.36. The zero-order valence-electron chi connectivity index (χ0n) is 12.8. The SMILES string of the molecule is CC(=O)OC[C@H]1O[C@@H](n2cc(Cl)c(N)nc2=O)[C@@H](Br)[C@@H]1OC(C)=O. The molecular formula is C13H15BrClN3O6. The number of ether oxygens (including phenoxy) is 3. The van der Waals surface area contributed by atoms with E-state index in [0.29, 0.717) is 0 Å². The number of rotatable bonds is 4. The highest BCUT2D eigenvalue weighted by atomic mass is 79.9. The molecule has 24 heavy (non-hydrogen) atoms. The molecule has 1 aliphatic rings. The van der Waals surface area contributed by atoms with Crippen LogP contribution in [0.4, 0.5) is 5.82 Å². The van der Waals surface area contributed by atoms with E-state index in [4.69, 9.17) is 31.5 Å². The van der Waals surface area contributed by atoms with Crippen molar-refractivity contribution in [2.45, 2.75) is 37.1 Å². The molecule has 2 heterocycles. The van der Waals surface area contributed by atoms with E-state index < -0.39 is 40.9 Å². The lowest BCUT2D eigenvalue weighted by Gasteiger charge is -2.19. The summed E-state index contributed by atoms with van der Waals surface area (Å²) in [7, 11) is 0. The van der Waals surface area contributed by atoms with Crippen LogP contribution in [0.1, 0.15) is 20.1 Å². The number of hydrogen-bond donors (Lipinski definition) is 1. The van der Waals surface area contributed by atoms with Crippen molar-refractivity contribution in [2.75, 3.05) is 12.3 Å². The normalized spacial score (nSPS) is 26.2. The van der Waals surface area contributed by atoms with Crippen molar-refractivity contribution in [3.63, 3.8) is 0 Å². The van der Waals surface area contributed by atoms with Crippen LogP contribution in [-0.2, 0) is 23.8 Å². The van der Waals surface area contributed by atoms with Gasteiger partial charge in [0, 0.05) is 20.0 Å². The van der Waals surface area contributed by atoms with E-state index in [1.54, 1.807) is 0 Å². The van der Waals surface area contributed by atoms with Crippen LogP contribution in [0, 0.1) is 0 Å². The van der Waals surface area contributed by atoms with Crippen LogP contribution in [0.25, 0.3) is 0 Å². The smallest absolute Gasteiger partial charge is 0.351 e. The number of hydrogen-bond acceptors (Lipinski definition) is 8. The lowest BCUT2D eigenvalue weighted by molar-refractivity contribution is -0.155. The second-order valence-corrected chi connectivity index (χ2v) is 6.51. The Morgan fingerprint density at radius 1 is 1.46 bits per heavy atom. The third-order valence-electron chi connectivity index (χ3n) is 3.23. The molecular weight excluding hydrogens is 410 g/mol. The van der Waals surface area contributed by atoms with E-state index in [1.165, 1.54) is 20.0 Å². The van der Waals surface area contributed by atoms with E-state index in [-0.39, 0.29) is 17.4 Å². The Hall–Kier alpha value is -1.65. The molecule has 0 aliphatic carbocycles. The molecule has 2 N–H and O–H groups in total. The Morgan fingerprint density at radius 3 is 2.71 bits per heavy atom. The second-order valence-electron chi connectivity index (χ2n) is 5.05. The number of aromatic nitrogens is 2. The topological polar surface area (TPSA) is 123 Å². The van der Waals surface area contributed by atoms with Crippen LogP contribution in [-0.4, -0.2) is 45.1 Å². The van der Waals surface area contributed by atoms with E-state index >= 15 is 0 Å². The van der Waals surface area contributed by atoms with Gasteiger partial charge in [-0.3, -0.25) is 14.2 Å². The molecule has 11 heteroatoms. The maximum Gasteiger partial charge on any atom is 0.351 e. The van der Waals surface area contributed by atoms with Crippen molar-refractivity contribution in [3.8, 4) is 0 Å². The van der Waals surface area contributed by atoms with Crippen LogP contribution in [0.2, 0.25) is 5.02 Å². The van der Waals surface area contributed by atoms with Crippen LogP contribution in [0.15, 0.2) is 11.0 Å². The predicted molar refractivity (Wildman–Crippen MR) is 86.7 cm³/mol. The van der Waals surface area contributed by atoms with Crippen LogP contribution < -0.4 is 11.4 Å². The third kappa shape index (κ3) is 4.05. The fourth-order valence-corrected chi connectivity index (χ4v) is 3.20. The number of nitrogens with two attached hydrogens (primary N) is 1. The molecule has 0 radical (unpaired) electrons. The van der Waals surface area contributed by atoms with Crippen molar-refractivity contribution in [2.24, 2.45) is 0 Å². The first-order valence-corrected chi connectivity index (χ1v) is 8.14. The van der Waals surface area contributed by atoms with Gasteiger partial charge in [0.2, 0.25) is 0 Å². The molecule has 1 saturated heterocycles. The molecule has 0 unspecified atom stereocenters. The van der Waals surface area contributed by atoms with E-state index in [9.17, 15) is 14.4 Å². The molecule has 0 bridgehead atoms. The summed E-state index contributed by atoms with van der Waals surface area (Å²) in [6, 6.07) is 0. The zero-order valence-corrected chi connectivity index (χ0v) is 15.1. The van der Waals surface area contributed by atoms with E-state index in [0.717, 1.165) is 4.57 Å². The molecule has 9 nitrogen and oxygen atoms in total. The van der Waals surface area contributed by atoms with Gasteiger partial charge >= 0.3 is 17.6 Å². The largest absolute Gasteiger partial charge is 0.463 e. The van der Waals surface area contributed by atoms with Gasteiger partial charge in [0.15, 0.2) is 6.23 Å². The first-order chi connectivity index (χ1) is 11.2. The second kappa shape index (κ2) is 7.49. The van der Waals surface area contributed by atoms with Crippen molar-refractivity contribution in [1.82, 2.24) is 9.55 Å². The number of carbonyl (C=O) groups is 2. The van der Waals surface area contributed by atoms with Crippen molar-refractivity contribution in [3.05, 3.63) is 21.7 Å². The van der Waals surface area contributed by atoms with Crippen molar-refractivity contribution in [1.29, 1.82) is 0 Å². The molecule has 1 fully saturated rings. The summed E-state index contributed by atoms with van der Waals surface area (Å²) < 4.78 is 17.0.